The monoisotopic (exact) mass is 293 g/mol. The molecule has 1 atom stereocenters. The quantitative estimate of drug-likeness (QED) is 0.683. The SMILES string of the molecule is Cc1c(Br)ccc(C(O)c2ccccc2)[n+]1[O-]. The van der Waals surface area contributed by atoms with Gasteiger partial charge in [0.2, 0.25) is 11.4 Å². The minimum absolute atomic E-state index is 0.330. The first kappa shape index (κ1) is 12.1. The van der Waals surface area contributed by atoms with Crippen molar-refractivity contribution >= 4 is 15.9 Å². The molecule has 2 rings (SSSR count). The lowest BCUT2D eigenvalue weighted by Gasteiger charge is -2.13. The van der Waals surface area contributed by atoms with Crippen LogP contribution in [-0.2, 0) is 0 Å². The Morgan fingerprint density at radius 3 is 2.47 bits per heavy atom. The molecule has 2 aromatic rings. The molecule has 1 aromatic carbocycles. The van der Waals surface area contributed by atoms with Gasteiger partial charge in [-0.3, -0.25) is 0 Å². The van der Waals surface area contributed by atoms with Gasteiger partial charge in [0.15, 0.2) is 6.10 Å². The Morgan fingerprint density at radius 2 is 1.82 bits per heavy atom. The van der Waals surface area contributed by atoms with Crippen molar-refractivity contribution in [2.75, 3.05) is 0 Å². The molecule has 1 unspecified atom stereocenters. The van der Waals surface area contributed by atoms with E-state index in [2.05, 4.69) is 15.9 Å². The van der Waals surface area contributed by atoms with Crippen LogP contribution in [0.25, 0.3) is 0 Å². The Balaban J connectivity index is 2.45. The predicted molar refractivity (Wildman–Crippen MR) is 68.3 cm³/mol. The lowest BCUT2D eigenvalue weighted by atomic mass is 10.1. The van der Waals surface area contributed by atoms with Gasteiger partial charge in [0, 0.05) is 13.0 Å². The predicted octanol–water partition coefficient (Wildman–Crippen LogP) is 2.47. The van der Waals surface area contributed by atoms with Crippen LogP contribution < -0.4 is 4.73 Å². The fourth-order valence-corrected chi connectivity index (χ4v) is 1.94. The normalized spacial score (nSPS) is 12.4. The van der Waals surface area contributed by atoms with Crippen molar-refractivity contribution in [3.05, 3.63) is 69.1 Å². The van der Waals surface area contributed by atoms with Gasteiger partial charge in [-0.2, -0.15) is 4.73 Å². The third-order valence-electron chi connectivity index (χ3n) is 2.68. The topological polar surface area (TPSA) is 47.2 Å². The molecule has 17 heavy (non-hydrogen) atoms. The number of hydrogen-bond acceptors (Lipinski definition) is 2. The smallest absolute Gasteiger partial charge is 0.226 e. The summed E-state index contributed by atoms with van der Waals surface area (Å²) in [6.07, 6.45) is -0.902. The first-order valence-corrected chi connectivity index (χ1v) is 6.02. The zero-order chi connectivity index (χ0) is 12.4. The molecular formula is C13H12BrNO2. The number of aliphatic hydroxyl groups is 1. The summed E-state index contributed by atoms with van der Waals surface area (Å²) < 4.78 is 1.48. The van der Waals surface area contributed by atoms with Gasteiger partial charge in [-0.1, -0.05) is 30.3 Å². The van der Waals surface area contributed by atoms with E-state index in [4.69, 9.17) is 0 Å². The van der Waals surface area contributed by atoms with Gasteiger partial charge in [-0.15, -0.1) is 0 Å². The van der Waals surface area contributed by atoms with E-state index < -0.39 is 6.10 Å². The molecular weight excluding hydrogens is 282 g/mol. The van der Waals surface area contributed by atoms with Crippen LogP contribution in [0.4, 0.5) is 0 Å². The lowest BCUT2D eigenvalue weighted by Crippen LogP contribution is -2.37. The van der Waals surface area contributed by atoms with Gasteiger partial charge in [0.1, 0.15) is 0 Å². The molecule has 1 N–H and O–H groups in total. The number of pyridine rings is 1. The summed E-state index contributed by atoms with van der Waals surface area (Å²) in [5.41, 5.74) is 1.58. The summed E-state index contributed by atoms with van der Waals surface area (Å²) in [4.78, 5) is 0. The van der Waals surface area contributed by atoms with E-state index in [1.54, 1.807) is 31.2 Å². The Bertz CT molecular complexity index is 528. The Labute approximate surface area is 108 Å². The van der Waals surface area contributed by atoms with Crippen molar-refractivity contribution in [3.63, 3.8) is 0 Å². The van der Waals surface area contributed by atoms with Crippen LogP contribution in [0.1, 0.15) is 23.1 Å². The van der Waals surface area contributed by atoms with Crippen molar-refractivity contribution in [1.29, 1.82) is 0 Å². The molecule has 0 aliphatic carbocycles. The summed E-state index contributed by atoms with van der Waals surface area (Å²) in [5, 5.41) is 22.1. The highest BCUT2D eigenvalue weighted by atomic mass is 79.9. The van der Waals surface area contributed by atoms with Crippen molar-refractivity contribution in [2.45, 2.75) is 13.0 Å². The second-order valence-electron chi connectivity index (χ2n) is 3.80. The number of halogens is 1. The highest BCUT2D eigenvalue weighted by Gasteiger charge is 2.21. The van der Waals surface area contributed by atoms with E-state index in [0.29, 0.717) is 17.0 Å². The van der Waals surface area contributed by atoms with Crippen LogP contribution in [0.2, 0.25) is 0 Å². The highest BCUT2D eigenvalue weighted by molar-refractivity contribution is 9.10. The highest BCUT2D eigenvalue weighted by Crippen LogP contribution is 2.21. The molecule has 0 amide bonds. The Hall–Kier alpha value is -1.39. The van der Waals surface area contributed by atoms with Gasteiger partial charge in [-0.25, -0.2) is 0 Å². The third kappa shape index (κ3) is 2.33. The molecule has 0 spiro atoms. The van der Waals surface area contributed by atoms with Crippen LogP contribution in [-0.4, -0.2) is 5.11 Å². The average molecular weight is 294 g/mol. The molecule has 0 aliphatic heterocycles. The number of aromatic nitrogens is 1. The van der Waals surface area contributed by atoms with E-state index in [1.807, 2.05) is 18.2 Å². The number of rotatable bonds is 2. The zero-order valence-electron chi connectivity index (χ0n) is 9.30. The molecule has 0 saturated heterocycles. The summed E-state index contributed by atoms with van der Waals surface area (Å²) in [6.45, 7) is 1.71. The second-order valence-corrected chi connectivity index (χ2v) is 4.65. The molecule has 88 valence electrons. The molecule has 0 aliphatic rings. The van der Waals surface area contributed by atoms with Crippen molar-refractivity contribution in [3.8, 4) is 0 Å². The van der Waals surface area contributed by atoms with Crippen LogP contribution in [0.3, 0.4) is 0 Å². The fraction of sp³-hybridized carbons (Fsp3) is 0.154. The fourth-order valence-electron chi connectivity index (χ4n) is 1.65. The first-order valence-electron chi connectivity index (χ1n) is 5.23. The summed E-state index contributed by atoms with van der Waals surface area (Å²) in [7, 11) is 0. The van der Waals surface area contributed by atoms with E-state index in [0.717, 1.165) is 9.20 Å². The van der Waals surface area contributed by atoms with Gasteiger partial charge < -0.3 is 10.3 Å². The Morgan fingerprint density at radius 1 is 1.18 bits per heavy atom. The summed E-state index contributed by atoms with van der Waals surface area (Å²) in [5.74, 6) is 0. The van der Waals surface area contributed by atoms with E-state index >= 15 is 0 Å². The zero-order valence-corrected chi connectivity index (χ0v) is 10.9. The molecule has 0 bridgehead atoms. The van der Waals surface area contributed by atoms with Crippen molar-refractivity contribution < 1.29 is 9.84 Å². The first-order chi connectivity index (χ1) is 8.11. The number of nitrogens with zero attached hydrogens (tertiary/aromatic N) is 1. The maximum Gasteiger partial charge on any atom is 0.226 e. The van der Waals surface area contributed by atoms with Crippen molar-refractivity contribution in [2.24, 2.45) is 0 Å². The van der Waals surface area contributed by atoms with Crippen LogP contribution in [0.15, 0.2) is 46.9 Å². The molecule has 3 nitrogen and oxygen atoms in total. The number of aliphatic hydroxyl groups excluding tert-OH is 1. The number of benzene rings is 1. The van der Waals surface area contributed by atoms with Crippen LogP contribution >= 0.6 is 15.9 Å². The van der Waals surface area contributed by atoms with Gasteiger partial charge in [-0.05, 0) is 27.6 Å². The van der Waals surface area contributed by atoms with Gasteiger partial charge >= 0.3 is 0 Å². The molecule has 4 heteroatoms. The maximum atomic E-state index is 11.9. The Kier molecular flexibility index (Phi) is 3.45. The largest absolute Gasteiger partial charge is 0.618 e. The van der Waals surface area contributed by atoms with E-state index in [1.165, 1.54) is 0 Å². The van der Waals surface area contributed by atoms with Gasteiger partial charge in [0.25, 0.3) is 0 Å². The summed E-state index contributed by atoms with van der Waals surface area (Å²) >= 11 is 3.28. The second kappa shape index (κ2) is 4.85. The van der Waals surface area contributed by atoms with E-state index in [-0.39, 0.29) is 0 Å². The van der Waals surface area contributed by atoms with Crippen LogP contribution in [0.5, 0.6) is 0 Å². The molecule has 1 aromatic heterocycles. The minimum Gasteiger partial charge on any atom is -0.618 e. The van der Waals surface area contributed by atoms with Gasteiger partial charge in [0.05, 0.1) is 4.47 Å². The average Bonchev–Trinajstić information content (AvgIpc) is 2.36. The van der Waals surface area contributed by atoms with E-state index in [9.17, 15) is 10.3 Å². The summed E-state index contributed by atoms with van der Waals surface area (Å²) in [6, 6.07) is 12.5. The lowest BCUT2D eigenvalue weighted by molar-refractivity contribution is -0.625. The van der Waals surface area contributed by atoms with Crippen LogP contribution in [0, 0.1) is 12.1 Å². The molecule has 0 saturated carbocycles. The molecule has 0 radical (unpaired) electrons. The number of hydrogen-bond donors (Lipinski definition) is 1. The molecule has 1 heterocycles. The minimum atomic E-state index is -0.902. The molecule has 0 fully saturated rings. The standard InChI is InChI=1S/C13H12BrNO2/c1-9-11(14)7-8-12(15(9)17)13(16)10-5-3-2-4-6-10/h2-8,13,16H,1H3. The maximum absolute atomic E-state index is 11.9. The van der Waals surface area contributed by atoms with Crippen molar-refractivity contribution in [1.82, 2.24) is 0 Å². The third-order valence-corrected chi connectivity index (χ3v) is 3.52.